The number of nitrogens with one attached hydrogen (secondary N) is 1. The molecule has 0 bridgehead atoms. The van der Waals surface area contributed by atoms with Gasteiger partial charge in [0.2, 0.25) is 5.28 Å². The van der Waals surface area contributed by atoms with E-state index in [1.807, 2.05) is 13.8 Å². The van der Waals surface area contributed by atoms with E-state index < -0.39 is 10.0 Å². The maximum Gasteiger partial charge on any atom is 0.259 e. The van der Waals surface area contributed by atoms with Gasteiger partial charge in [-0.1, -0.05) is 13.8 Å². The van der Waals surface area contributed by atoms with E-state index in [1.54, 1.807) is 7.05 Å². The normalized spacial score (nSPS) is 12.8. The number of aliphatic hydroxyl groups is 1. The van der Waals surface area contributed by atoms with E-state index in [0.717, 1.165) is 12.8 Å². The number of imidazole rings is 1. The molecule has 0 saturated carbocycles. The third kappa shape index (κ3) is 3.94. The molecular formula is C12H22ClN3O3S. The summed E-state index contributed by atoms with van der Waals surface area (Å²) in [5.74, 6) is 0. The number of rotatable bonds is 8. The van der Waals surface area contributed by atoms with Crippen LogP contribution in [0.15, 0.2) is 11.2 Å². The molecule has 0 aliphatic heterocycles. The van der Waals surface area contributed by atoms with E-state index in [0.29, 0.717) is 6.42 Å². The van der Waals surface area contributed by atoms with Gasteiger partial charge < -0.3 is 9.67 Å². The summed E-state index contributed by atoms with van der Waals surface area (Å²) in [6.07, 6.45) is 3.51. The SMILES string of the molecule is CCC(CC)(CCO)CNS(=O)(=O)c1cn(C)c(Cl)n1. The van der Waals surface area contributed by atoms with Crippen molar-refractivity contribution in [1.82, 2.24) is 14.3 Å². The molecule has 1 rings (SSSR count). The molecule has 0 aliphatic carbocycles. The summed E-state index contributed by atoms with van der Waals surface area (Å²) < 4.78 is 28.4. The minimum atomic E-state index is -3.68. The van der Waals surface area contributed by atoms with Crippen molar-refractivity contribution in [3.8, 4) is 0 Å². The molecule has 8 heteroatoms. The largest absolute Gasteiger partial charge is 0.396 e. The fraction of sp³-hybridized carbons (Fsp3) is 0.750. The van der Waals surface area contributed by atoms with Gasteiger partial charge >= 0.3 is 0 Å². The Hall–Kier alpha value is -0.630. The van der Waals surface area contributed by atoms with Crippen LogP contribution < -0.4 is 4.72 Å². The van der Waals surface area contributed by atoms with Gasteiger partial charge in [-0.25, -0.2) is 18.1 Å². The van der Waals surface area contributed by atoms with Crippen molar-refractivity contribution in [2.24, 2.45) is 12.5 Å². The first-order valence-corrected chi connectivity index (χ1v) is 8.45. The van der Waals surface area contributed by atoms with Crippen LogP contribution in [0.25, 0.3) is 0 Å². The molecule has 0 saturated heterocycles. The maximum absolute atomic E-state index is 12.2. The molecule has 0 unspecified atom stereocenters. The maximum atomic E-state index is 12.2. The second kappa shape index (κ2) is 6.89. The Morgan fingerprint density at radius 2 is 2.05 bits per heavy atom. The van der Waals surface area contributed by atoms with Crippen molar-refractivity contribution in [3.63, 3.8) is 0 Å². The summed E-state index contributed by atoms with van der Waals surface area (Å²) in [6.45, 7) is 4.30. The average Bonchev–Trinajstić information content (AvgIpc) is 2.76. The van der Waals surface area contributed by atoms with Gasteiger partial charge in [0.15, 0.2) is 5.03 Å². The van der Waals surface area contributed by atoms with Crippen LogP contribution in [-0.4, -0.2) is 36.2 Å². The molecule has 0 amide bonds. The van der Waals surface area contributed by atoms with Gasteiger partial charge in [-0.15, -0.1) is 0 Å². The summed E-state index contributed by atoms with van der Waals surface area (Å²) in [5.41, 5.74) is -0.236. The molecule has 1 heterocycles. The standard InChI is InChI=1S/C12H22ClN3O3S/c1-4-12(5-2,6-7-17)9-14-20(18,19)10-8-16(3)11(13)15-10/h8,14,17H,4-7,9H2,1-3H3. The number of hydrogen-bond acceptors (Lipinski definition) is 4. The molecule has 0 atom stereocenters. The van der Waals surface area contributed by atoms with Crippen LogP contribution in [0.1, 0.15) is 33.1 Å². The monoisotopic (exact) mass is 323 g/mol. The van der Waals surface area contributed by atoms with Crippen LogP contribution in [0.5, 0.6) is 0 Å². The second-order valence-electron chi connectivity index (χ2n) is 4.96. The third-order valence-corrected chi connectivity index (χ3v) is 5.48. The zero-order valence-electron chi connectivity index (χ0n) is 12.1. The first-order chi connectivity index (χ1) is 9.30. The lowest BCUT2D eigenvalue weighted by Gasteiger charge is -2.31. The summed E-state index contributed by atoms with van der Waals surface area (Å²) in [4.78, 5) is 3.81. The predicted octanol–water partition coefficient (Wildman–Crippen LogP) is 1.54. The lowest BCUT2D eigenvalue weighted by molar-refractivity contribution is 0.170. The fourth-order valence-electron chi connectivity index (χ4n) is 2.05. The molecule has 0 spiro atoms. The van der Waals surface area contributed by atoms with Gasteiger partial charge in [-0.2, -0.15) is 0 Å². The summed E-state index contributed by atoms with van der Waals surface area (Å²) >= 11 is 5.76. The molecule has 20 heavy (non-hydrogen) atoms. The lowest BCUT2D eigenvalue weighted by atomic mass is 9.80. The van der Waals surface area contributed by atoms with Gasteiger partial charge in [0.1, 0.15) is 0 Å². The molecule has 0 radical (unpaired) electrons. The summed E-state index contributed by atoms with van der Waals surface area (Å²) in [7, 11) is -2.05. The molecule has 0 aromatic carbocycles. The molecule has 0 fully saturated rings. The van der Waals surface area contributed by atoms with Crippen molar-refractivity contribution in [1.29, 1.82) is 0 Å². The number of sulfonamides is 1. The van der Waals surface area contributed by atoms with Crippen molar-refractivity contribution >= 4 is 21.6 Å². The smallest absolute Gasteiger partial charge is 0.259 e. The van der Waals surface area contributed by atoms with Crippen molar-refractivity contribution in [2.45, 2.75) is 38.1 Å². The van der Waals surface area contributed by atoms with Crippen molar-refractivity contribution in [3.05, 3.63) is 11.5 Å². The zero-order chi connectivity index (χ0) is 15.4. The molecule has 1 aromatic heterocycles. The van der Waals surface area contributed by atoms with Crippen molar-refractivity contribution in [2.75, 3.05) is 13.2 Å². The van der Waals surface area contributed by atoms with Crippen LogP contribution in [0.4, 0.5) is 0 Å². The van der Waals surface area contributed by atoms with Gasteiger partial charge in [-0.05, 0) is 36.3 Å². The first kappa shape index (κ1) is 17.4. The summed E-state index contributed by atoms with van der Waals surface area (Å²) in [5, 5.41) is 9.18. The number of nitrogens with zero attached hydrogens (tertiary/aromatic N) is 2. The predicted molar refractivity (Wildman–Crippen MR) is 78.1 cm³/mol. The summed E-state index contributed by atoms with van der Waals surface area (Å²) in [6, 6.07) is 0. The number of aryl methyl sites for hydroxylation is 1. The topological polar surface area (TPSA) is 84.2 Å². The third-order valence-electron chi connectivity index (χ3n) is 3.85. The van der Waals surface area contributed by atoms with E-state index >= 15 is 0 Å². The molecule has 0 aliphatic rings. The highest BCUT2D eigenvalue weighted by molar-refractivity contribution is 7.89. The highest BCUT2D eigenvalue weighted by Gasteiger charge is 2.29. The lowest BCUT2D eigenvalue weighted by Crippen LogP contribution is -2.37. The van der Waals surface area contributed by atoms with E-state index in [1.165, 1.54) is 10.8 Å². The highest BCUT2D eigenvalue weighted by atomic mass is 35.5. The van der Waals surface area contributed by atoms with Gasteiger partial charge in [0.25, 0.3) is 10.0 Å². The molecule has 2 N–H and O–H groups in total. The van der Waals surface area contributed by atoms with E-state index in [-0.39, 0.29) is 28.9 Å². The minimum absolute atomic E-state index is 0.0405. The minimum Gasteiger partial charge on any atom is -0.396 e. The van der Waals surface area contributed by atoms with Crippen molar-refractivity contribution < 1.29 is 13.5 Å². The van der Waals surface area contributed by atoms with Crippen LogP contribution in [-0.2, 0) is 17.1 Å². The highest BCUT2D eigenvalue weighted by Crippen LogP contribution is 2.30. The Balaban J connectivity index is 2.86. The Labute approximate surface area is 125 Å². The quantitative estimate of drug-likeness (QED) is 0.760. The zero-order valence-corrected chi connectivity index (χ0v) is 13.6. The Bertz CT molecular complexity index is 519. The molecule has 6 nitrogen and oxygen atoms in total. The molecule has 116 valence electrons. The van der Waals surface area contributed by atoms with Crippen LogP contribution >= 0.6 is 11.6 Å². The Morgan fingerprint density at radius 1 is 1.45 bits per heavy atom. The molecule has 1 aromatic rings. The van der Waals surface area contributed by atoms with E-state index in [4.69, 9.17) is 16.7 Å². The molecular weight excluding hydrogens is 302 g/mol. The number of aliphatic hydroxyl groups excluding tert-OH is 1. The average molecular weight is 324 g/mol. The Morgan fingerprint density at radius 3 is 2.45 bits per heavy atom. The Kier molecular flexibility index (Phi) is 6.00. The number of hydrogen-bond donors (Lipinski definition) is 2. The van der Waals surface area contributed by atoms with Crippen LogP contribution in [0, 0.1) is 5.41 Å². The fourth-order valence-corrected chi connectivity index (χ4v) is 3.39. The van der Waals surface area contributed by atoms with Gasteiger partial charge in [0.05, 0.1) is 0 Å². The van der Waals surface area contributed by atoms with Crippen LogP contribution in [0.2, 0.25) is 5.28 Å². The number of halogens is 1. The number of aromatic nitrogens is 2. The van der Waals surface area contributed by atoms with Gasteiger partial charge in [0, 0.05) is 26.4 Å². The first-order valence-electron chi connectivity index (χ1n) is 6.59. The van der Waals surface area contributed by atoms with E-state index in [2.05, 4.69) is 9.71 Å². The van der Waals surface area contributed by atoms with Gasteiger partial charge in [-0.3, -0.25) is 0 Å². The van der Waals surface area contributed by atoms with E-state index in [9.17, 15) is 8.42 Å². The second-order valence-corrected chi connectivity index (χ2v) is 7.02. The van der Waals surface area contributed by atoms with Crippen LogP contribution in [0.3, 0.4) is 0 Å².